The largest absolute Gasteiger partial charge is 0.459 e. The predicted molar refractivity (Wildman–Crippen MR) is 42.2 cm³/mol. The SMILES string of the molecule is COC(=O)C#CN1CCOCC1. The summed E-state index contributed by atoms with van der Waals surface area (Å²) in [4.78, 5) is 12.4. The minimum Gasteiger partial charge on any atom is -0.459 e. The van der Waals surface area contributed by atoms with E-state index < -0.39 is 5.97 Å². The van der Waals surface area contributed by atoms with E-state index in [0.717, 1.165) is 13.1 Å². The van der Waals surface area contributed by atoms with Gasteiger partial charge < -0.3 is 14.4 Å². The Labute approximate surface area is 71.4 Å². The van der Waals surface area contributed by atoms with E-state index in [1.807, 2.05) is 4.90 Å². The highest BCUT2D eigenvalue weighted by Gasteiger charge is 2.05. The van der Waals surface area contributed by atoms with E-state index in [2.05, 4.69) is 16.7 Å². The van der Waals surface area contributed by atoms with Gasteiger partial charge in [-0.25, -0.2) is 4.79 Å². The molecule has 0 atom stereocenters. The van der Waals surface area contributed by atoms with Crippen LogP contribution in [0.1, 0.15) is 0 Å². The fraction of sp³-hybridized carbons (Fsp3) is 0.625. The number of morpholine rings is 1. The van der Waals surface area contributed by atoms with Gasteiger partial charge in [-0.05, 0) is 0 Å². The minimum atomic E-state index is -0.499. The van der Waals surface area contributed by atoms with Crippen molar-refractivity contribution in [2.75, 3.05) is 33.4 Å². The lowest BCUT2D eigenvalue weighted by Crippen LogP contribution is -2.32. The highest BCUT2D eigenvalue weighted by Crippen LogP contribution is 1.93. The normalized spacial score (nSPS) is 16.2. The Kier molecular flexibility index (Phi) is 3.42. The Hall–Kier alpha value is -1.21. The van der Waals surface area contributed by atoms with Gasteiger partial charge in [-0.15, -0.1) is 0 Å². The number of methoxy groups -OCH3 is 1. The second kappa shape index (κ2) is 4.62. The fourth-order valence-electron chi connectivity index (χ4n) is 0.851. The molecule has 0 spiro atoms. The second-order valence-corrected chi connectivity index (χ2v) is 2.33. The van der Waals surface area contributed by atoms with Crippen LogP contribution in [0.3, 0.4) is 0 Å². The molecule has 0 radical (unpaired) electrons. The van der Waals surface area contributed by atoms with Gasteiger partial charge in [0.25, 0.3) is 0 Å². The molecule has 1 saturated heterocycles. The summed E-state index contributed by atoms with van der Waals surface area (Å²) in [7, 11) is 1.32. The van der Waals surface area contributed by atoms with Gasteiger partial charge in [0.2, 0.25) is 0 Å². The molecule has 0 bridgehead atoms. The van der Waals surface area contributed by atoms with E-state index in [0.29, 0.717) is 13.2 Å². The molecule has 1 fully saturated rings. The van der Waals surface area contributed by atoms with Crippen LogP contribution in [0.15, 0.2) is 0 Å². The van der Waals surface area contributed by atoms with Crippen LogP contribution in [0.2, 0.25) is 0 Å². The number of rotatable bonds is 0. The number of hydrogen-bond acceptors (Lipinski definition) is 4. The lowest BCUT2D eigenvalue weighted by atomic mass is 10.4. The van der Waals surface area contributed by atoms with Crippen molar-refractivity contribution in [2.24, 2.45) is 0 Å². The third-order valence-electron chi connectivity index (χ3n) is 1.51. The molecule has 1 aliphatic heterocycles. The first kappa shape index (κ1) is 8.88. The summed E-state index contributed by atoms with van der Waals surface area (Å²) in [5, 5.41) is 0. The summed E-state index contributed by atoms with van der Waals surface area (Å²) in [6, 6.07) is 2.70. The van der Waals surface area contributed by atoms with Gasteiger partial charge in [-0.2, -0.15) is 0 Å². The average Bonchev–Trinajstić information content (AvgIpc) is 2.16. The lowest BCUT2D eigenvalue weighted by Gasteiger charge is -2.22. The van der Waals surface area contributed by atoms with Crippen LogP contribution in [-0.2, 0) is 14.3 Å². The number of carbonyl (C=O) groups excluding carboxylic acids is 1. The van der Waals surface area contributed by atoms with Crippen LogP contribution in [0.25, 0.3) is 0 Å². The molecule has 1 aliphatic rings. The van der Waals surface area contributed by atoms with Crippen molar-refractivity contribution in [3.63, 3.8) is 0 Å². The van der Waals surface area contributed by atoms with Gasteiger partial charge in [0.05, 0.1) is 20.3 Å². The number of hydrogen-bond donors (Lipinski definition) is 0. The fourth-order valence-corrected chi connectivity index (χ4v) is 0.851. The third-order valence-corrected chi connectivity index (χ3v) is 1.51. The Morgan fingerprint density at radius 1 is 1.50 bits per heavy atom. The van der Waals surface area contributed by atoms with E-state index in [1.165, 1.54) is 7.11 Å². The highest BCUT2D eigenvalue weighted by atomic mass is 16.5. The topological polar surface area (TPSA) is 38.8 Å². The second-order valence-electron chi connectivity index (χ2n) is 2.33. The van der Waals surface area contributed by atoms with Crippen LogP contribution >= 0.6 is 0 Å². The standard InChI is InChI=1S/C8H11NO3/c1-11-8(10)2-3-9-4-6-12-7-5-9/h4-7H2,1H3. The first-order valence-electron chi connectivity index (χ1n) is 3.75. The maximum atomic E-state index is 10.6. The number of ether oxygens (including phenoxy) is 2. The Morgan fingerprint density at radius 3 is 2.75 bits per heavy atom. The van der Waals surface area contributed by atoms with Gasteiger partial charge in [0.15, 0.2) is 0 Å². The first-order valence-corrected chi connectivity index (χ1v) is 3.75. The quantitative estimate of drug-likeness (QED) is 0.360. The minimum absolute atomic E-state index is 0.499. The van der Waals surface area contributed by atoms with E-state index >= 15 is 0 Å². The molecular formula is C8H11NO3. The van der Waals surface area contributed by atoms with Gasteiger partial charge >= 0.3 is 5.97 Å². The summed E-state index contributed by atoms with van der Waals surface area (Å²) in [6.07, 6.45) is 0. The third kappa shape index (κ3) is 2.81. The lowest BCUT2D eigenvalue weighted by molar-refractivity contribution is -0.133. The molecule has 4 heteroatoms. The van der Waals surface area contributed by atoms with Crippen LogP contribution < -0.4 is 0 Å². The van der Waals surface area contributed by atoms with E-state index in [1.54, 1.807) is 0 Å². The van der Waals surface area contributed by atoms with Crippen LogP contribution in [0.5, 0.6) is 0 Å². The molecule has 0 aliphatic carbocycles. The van der Waals surface area contributed by atoms with Gasteiger partial charge in [-0.1, -0.05) is 0 Å². The van der Waals surface area contributed by atoms with Crippen molar-refractivity contribution < 1.29 is 14.3 Å². The summed E-state index contributed by atoms with van der Waals surface area (Å²) >= 11 is 0. The molecule has 0 aromatic rings. The van der Waals surface area contributed by atoms with E-state index in [4.69, 9.17) is 4.74 Å². The Morgan fingerprint density at radius 2 is 2.17 bits per heavy atom. The van der Waals surface area contributed by atoms with Crippen LogP contribution in [-0.4, -0.2) is 44.3 Å². The zero-order valence-corrected chi connectivity index (χ0v) is 7.00. The first-order chi connectivity index (χ1) is 5.83. The molecule has 0 aromatic carbocycles. The molecule has 0 saturated carbocycles. The average molecular weight is 169 g/mol. The molecule has 0 amide bonds. The predicted octanol–water partition coefficient (Wildman–Crippen LogP) is -0.548. The van der Waals surface area contributed by atoms with Crippen molar-refractivity contribution in [3.8, 4) is 12.0 Å². The van der Waals surface area contributed by atoms with Crippen LogP contribution in [0.4, 0.5) is 0 Å². The molecule has 4 nitrogen and oxygen atoms in total. The van der Waals surface area contributed by atoms with Gasteiger partial charge in [0, 0.05) is 25.1 Å². The van der Waals surface area contributed by atoms with Crippen molar-refractivity contribution >= 4 is 5.97 Å². The maximum absolute atomic E-state index is 10.6. The van der Waals surface area contributed by atoms with E-state index in [-0.39, 0.29) is 0 Å². The van der Waals surface area contributed by atoms with Crippen molar-refractivity contribution in [2.45, 2.75) is 0 Å². The summed E-state index contributed by atoms with van der Waals surface area (Å²) in [6.45, 7) is 2.86. The summed E-state index contributed by atoms with van der Waals surface area (Å²) < 4.78 is 9.48. The maximum Gasteiger partial charge on any atom is 0.385 e. The number of esters is 1. The Balaban J connectivity index is 2.35. The monoisotopic (exact) mass is 169 g/mol. The highest BCUT2D eigenvalue weighted by molar-refractivity contribution is 5.88. The molecule has 12 heavy (non-hydrogen) atoms. The smallest absolute Gasteiger partial charge is 0.385 e. The van der Waals surface area contributed by atoms with Gasteiger partial charge in [0.1, 0.15) is 0 Å². The molecule has 1 rings (SSSR count). The molecule has 0 N–H and O–H groups in total. The number of carbonyl (C=O) groups is 1. The summed E-state index contributed by atoms with van der Waals surface area (Å²) in [5.74, 6) is 1.86. The molecule has 0 aromatic heterocycles. The Bertz CT molecular complexity index is 210. The zero-order valence-electron chi connectivity index (χ0n) is 7.00. The van der Waals surface area contributed by atoms with E-state index in [9.17, 15) is 4.79 Å². The zero-order chi connectivity index (χ0) is 8.81. The van der Waals surface area contributed by atoms with Crippen LogP contribution in [0, 0.1) is 12.0 Å². The molecule has 1 heterocycles. The van der Waals surface area contributed by atoms with Crippen molar-refractivity contribution in [1.82, 2.24) is 4.90 Å². The molecule has 66 valence electrons. The number of nitrogens with zero attached hydrogens (tertiary/aromatic N) is 1. The molecule has 0 unspecified atom stereocenters. The van der Waals surface area contributed by atoms with Gasteiger partial charge in [-0.3, -0.25) is 0 Å². The summed E-state index contributed by atoms with van der Waals surface area (Å²) in [5.41, 5.74) is 0. The molecular weight excluding hydrogens is 158 g/mol. The van der Waals surface area contributed by atoms with Crippen molar-refractivity contribution in [1.29, 1.82) is 0 Å². The van der Waals surface area contributed by atoms with Crippen molar-refractivity contribution in [3.05, 3.63) is 0 Å².